The van der Waals surface area contributed by atoms with Gasteiger partial charge in [-0.1, -0.05) is 6.92 Å². The van der Waals surface area contributed by atoms with Gasteiger partial charge >= 0.3 is 0 Å². The summed E-state index contributed by atoms with van der Waals surface area (Å²) in [5.41, 5.74) is 0. The van der Waals surface area contributed by atoms with Crippen molar-refractivity contribution in [3.63, 3.8) is 0 Å². The molecule has 18 heavy (non-hydrogen) atoms. The molecule has 102 valence electrons. The number of rotatable bonds is 7. The molecule has 1 rings (SSSR count). The second kappa shape index (κ2) is 6.76. The van der Waals surface area contributed by atoms with Crippen molar-refractivity contribution in [1.82, 2.24) is 14.7 Å². The Labute approximate surface area is 109 Å². The van der Waals surface area contributed by atoms with Crippen LogP contribution in [0.1, 0.15) is 6.92 Å². The topological polar surface area (TPSA) is 101 Å². The van der Waals surface area contributed by atoms with Gasteiger partial charge in [-0.25, -0.2) is 23.1 Å². The Morgan fingerprint density at radius 3 is 2.44 bits per heavy atom. The van der Waals surface area contributed by atoms with Gasteiger partial charge in [0.15, 0.2) is 0 Å². The lowest BCUT2D eigenvalue weighted by Gasteiger charge is -2.06. The largest absolute Gasteiger partial charge is 0.357 e. The lowest BCUT2D eigenvalue weighted by molar-refractivity contribution is 0.583. The van der Waals surface area contributed by atoms with Gasteiger partial charge in [0.05, 0.1) is 12.4 Å². The molecule has 0 aromatic carbocycles. The second-order valence-electron chi connectivity index (χ2n) is 3.32. The van der Waals surface area contributed by atoms with Gasteiger partial charge in [-0.3, -0.25) is 4.21 Å². The number of nitrogens with one attached hydrogen (secondary N) is 2. The minimum absolute atomic E-state index is 0.0104. The van der Waals surface area contributed by atoms with E-state index in [9.17, 15) is 12.6 Å². The van der Waals surface area contributed by atoms with Crippen LogP contribution < -0.4 is 10.0 Å². The number of anilines is 1. The van der Waals surface area contributed by atoms with Gasteiger partial charge in [-0.15, -0.1) is 0 Å². The number of hydrogen-bond acceptors (Lipinski definition) is 6. The molecule has 1 atom stereocenters. The summed E-state index contributed by atoms with van der Waals surface area (Å²) in [6, 6.07) is 0. The fraction of sp³-hybridized carbons (Fsp3) is 0.556. The van der Waals surface area contributed by atoms with Crippen LogP contribution in [0.2, 0.25) is 0 Å². The Bertz CT molecular complexity index is 501. The van der Waals surface area contributed by atoms with Crippen LogP contribution in [0.5, 0.6) is 0 Å². The number of nitrogens with zero attached hydrogens (tertiary/aromatic N) is 2. The third-order valence-corrected chi connectivity index (χ3v) is 4.82. The predicted octanol–water partition coefficient (Wildman–Crippen LogP) is -0.435. The molecule has 9 heteroatoms. The second-order valence-corrected chi connectivity index (χ2v) is 6.95. The maximum absolute atomic E-state index is 11.8. The molecule has 0 amide bonds. The fourth-order valence-corrected chi connectivity index (χ4v) is 2.77. The van der Waals surface area contributed by atoms with Crippen LogP contribution in [0.4, 0.5) is 5.95 Å². The zero-order valence-electron chi connectivity index (χ0n) is 10.2. The standard InChI is InChI=1S/C9H16N4O3S2/c1-3-17(14)5-4-13-18(15,16)8-6-11-9(10-2)12-7-8/h6-7,13H,3-5H2,1-2H3,(H,10,11,12). The maximum atomic E-state index is 11.8. The zero-order chi connectivity index (χ0) is 13.6. The van der Waals surface area contributed by atoms with Crippen molar-refractivity contribution >= 4 is 26.8 Å². The average molecular weight is 292 g/mol. The first-order valence-corrected chi connectivity index (χ1v) is 8.31. The first kappa shape index (κ1) is 15.0. The highest BCUT2D eigenvalue weighted by atomic mass is 32.2. The lowest BCUT2D eigenvalue weighted by Crippen LogP contribution is -2.28. The van der Waals surface area contributed by atoms with Crippen molar-refractivity contribution in [2.24, 2.45) is 0 Å². The van der Waals surface area contributed by atoms with Gasteiger partial charge in [0.2, 0.25) is 16.0 Å². The summed E-state index contributed by atoms with van der Waals surface area (Å²) in [6.45, 7) is 1.92. The summed E-state index contributed by atoms with van der Waals surface area (Å²) in [5.74, 6) is 1.16. The van der Waals surface area contributed by atoms with Gasteiger partial charge < -0.3 is 5.32 Å². The zero-order valence-corrected chi connectivity index (χ0v) is 11.8. The average Bonchev–Trinajstić information content (AvgIpc) is 2.38. The van der Waals surface area contributed by atoms with Crippen LogP contribution in [0.3, 0.4) is 0 Å². The van der Waals surface area contributed by atoms with E-state index in [1.54, 1.807) is 14.0 Å². The molecule has 1 aromatic heterocycles. The summed E-state index contributed by atoms with van der Waals surface area (Å²) in [4.78, 5) is 7.63. The summed E-state index contributed by atoms with van der Waals surface area (Å²) in [6.07, 6.45) is 2.44. The van der Waals surface area contributed by atoms with Crippen molar-refractivity contribution in [2.45, 2.75) is 11.8 Å². The monoisotopic (exact) mass is 292 g/mol. The third kappa shape index (κ3) is 4.31. The van der Waals surface area contributed by atoms with Crippen molar-refractivity contribution in [1.29, 1.82) is 0 Å². The van der Waals surface area contributed by atoms with Crippen LogP contribution in [0, 0.1) is 0 Å². The summed E-state index contributed by atoms with van der Waals surface area (Å²) >= 11 is 0. The summed E-state index contributed by atoms with van der Waals surface area (Å²) in [5, 5.41) is 2.69. The van der Waals surface area contributed by atoms with Gasteiger partial charge in [0, 0.05) is 35.9 Å². The first-order chi connectivity index (χ1) is 8.49. The molecule has 0 saturated carbocycles. The smallest absolute Gasteiger partial charge is 0.243 e. The Morgan fingerprint density at radius 1 is 1.33 bits per heavy atom. The molecule has 2 N–H and O–H groups in total. The van der Waals surface area contributed by atoms with Gasteiger partial charge in [-0.05, 0) is 0 Å². The number of aromatic nitrogens is 2. The minimum Gasteiger partial charge on any atom is -0.357 e. The van der Waals surface area contributed by atoms with Crippen LogP contribution in [0.25, 0.3) is 0 Å². The van der Waals surface area contributed by atoms with E-state index >= 15 is 0 Å². The SMILES string of the molecule is CCS(=O)CCNS(=O)(=O)c1cnc(NC)nc1. The highest BCUT2D eigenvalue weighted by Gasteiger charge is 2.14. The molecule has 1 aromatic rings. The van der Waals surface area contributed by atoms with E-state index in [0.717, 1.165) is 0 Å². The van der Waals surface area contributed by atoms with E-state index < -0.39 is 20.8 Å². The molecular weight excluding hydrogens is 276 g/mol. The molecule has 1 heterocycles. The lowest BCUT2D eigenvalue weighted by atomic mass is 10.7. The molecule has 0 radical (unpaired) electrons. The summed E-state index contributed by atoms with van der Waals surface area (Å²) < 4.78 is 37.1. The molecule has 7 nitrogen and oxygen atoms in total. The predicted molar refractivity (Wildman–Crippen MR) is 70.3 cm³/mol. The number of hydrogen-bond donors (Lipinski definition) is 2. The van der Waals surface area contributed by atoms with E-state index in [1.807, 2.05) is 0 Å². The quantitative estimate of drug-likeness (QED) is 0.707. The van der Waals surface area contributed by atoms with Crippen molar-refractivity contribution in [3.8, 4) is 0 Å². The number of sulfonamides is 1. The van der Waals surface area contributed by atoms with Crippen molar-refractivity contribution < 1.29 is 12.6 Å². The highest BCUT2D eigenvalue weighted by Crippen LogP contribution is 2.06. The molecule has 0 aliphatic heterocycles. The Balaban J connectivity index is 2.65. The van der Waals surface area contributed by atoms with Crippen LogP contribution in [-0.4, -0.2) is 47.7 Å². The van der Waals surface area contributed by atoms with Crippen molar-refractivity contribution in [3.05, 3.63) is 12.4 Å². The van der Waals surface area contributed by atoms with Crippen LogP contribution >= 0.6 is 0 Å². The van der Waals surface area contributed by atoms with Crippen LogP contribution in [-0.2, 0) is 20.8 Å². The maximum Gasteiger partial charge on any atom is 0.243 e. The van der Waals surface area contributed by atoms with E-state index in [1.165, 1.54) is 12.4 Å². The van der Waals surface area contributed by atoms with Gasteiger partial charge in [0.1, 0.15) is 4.90 Å². The molecule has 0 fully saturated rings. The van der Waals surface area contributed by atoms with E-state index in [-0.39, 0.29) is 11.4 Å². The normalized spacial score (nSPS) is 13.2. The molecule has 0 saturated heterocycles. The Kier molecular flexibility index (Phi) is 5.63. The Hall–Kier alpha value is -1.06. The first-order valence-electron chi connectivity index (χ1n) is 5.34. The molecule has 0 aliphatic carbocycles. The highest BCUT2D eigenvalue weighted by molar-refractivity contribution is 7.89. The molecule has 1 unspecified atom stereocenters. The molecule has 0 bridgehead atoms. The van der Waals surface area contributed by atoms with E-state index in [2.05, 4.69) is 20.0 Å². The van der Waals surface area contributed by atoms with Gasteiger partial charge in [-0.2, -0.15) is 0 Å². The Morgan fingerprint density at radius 2 is 1.94 bits per heavy atom. The third-order valence-electron chi connectivity index (χ3n) is 2.11. The summed E-state index contributed by atoms with van der Waals surface area (Å²) in [7, 11) is -2.98. The van der Waals surface area contributed by atoms with E-state index in [0.29, 0.717) is 17.5 Å². The van der Waals surface area contributed by atoms with Crippen molar-refractivity contribution in [2.75, 3.05) is 30.4 Å². The fourth-order valence-electron chi connectivity index (χ4n) is 1.10. The molecule has 0 aliphatic rings. The van der Waals surface area contributed by atoms with Crippen LogP contribution in [0.15, 0.2) is 17.3 Å². The van der Waals surface area contributed by atoms with E-state index in [4.69, 9.17) is 0 Å². The molecule has 0 spiro atoms. The van der Waals surface area contributed by atoms with Gasteiger partial charge in [0.25, 0.3) is 0 Å². The molecular formula is C9H16N4O3S2. The minimum atomic E-state index is -3.63.